The van der Waals surface area contributed by atoms with Crippen LogP contribution in [0.3, 0.4) is 0 Å². The van der Waals surface area contributed by atoms with Crippen molar-refractivity contribution in [2.75, 3.05) is 17.7 Å². The van der Waals surface area contributed by atoms with E-state index < -0.39 is 22.7 Å². The summed E-state index contributed by atoms with van der Waals surface area (Å²) in [7, 11) is 1.27. The van der Waals surface area contributed by atoms with E-state index in [0.717, 1.165) is 22.6 Å². The highest BCUT2D eigenvalue weighted by Crippen LogP contribution is 2.36. The van der Waals surface area contributed by atoms with Gasteiger partial charge in [0.2, 0.25) is 0 Å². The molecule has 2 aromatic rings. The molecule has 0 aliphatic carbocycles. The van der Waals surface area contributed by atoms with Crippen molar-refractivity contribution in [2.45, 2.75) is 20.0 Å². The summed E-state index contributed by atoms with van der Waals surface area (Å²) < 4.78 is 43.6. The number of hydrogen-bond acceptors (Lipinski definition) is 4. The highest BCUT2D eigenvalue weighted by atomic mass is 35.5. The summed E-state index contributed by atoms with van der Waals surface area (Å²) in [5.41, 5.74) is 0.234. The van der Waals surface area contributed by atoms with Crippen LogP contribution in [-0.4, -0.2) is 18.2 Å². The van der Waals surface area contributed by atoms with E-state index in [1.54, 1.807) is 6.92 Å². The van der Waals surface area contributed by atoms with E-state index in [2.05, 4.69) is 10.6 Å². The van der Waals surface area contributed by atoms with Gasteiger partial charge >= 0.3 is 12.1 Å². The monoisotopic (exact) mass is 422 g/mol. The number of halogens is 4. The Bertz CT molecular complexity index is 866. The number of ether oxygens (including phenoxy) is 1. The second-order valence-corrected chi connectivity index (χ2v) is 7.29. The van der Waals surface area contributed by atoms with Gasteiger partial charge in [-0.05, 0) is 49.8 Å². The lowest BCUT2D eigenvalue weighted by molar-refractivity contribution is -0.137. The molecule has 0 aliphatic heterocycles. The molecule has 4 nitrogen and oxygen atoms in total. The lowest BCUT2D eigenvalue weighted by Crippen LogP contribution is -2.20. The van der Waals surface area contributed by atoms with Crippen molar-refractivity contribution >= 4 is 56.9 Å². The molecule has 0 amide bonds. The van der Waals surface area contributed by atoms with E-state index in [0.29, 0.717) is 10.6 Å². The van der Waals surface area contributed by atoms with Crippen LogP contribution in [0.25, 0.3) is 0 Å². The van der Waals surface area contributed by atoms with Gasteiger partial charge in [0.05, 0.1) is 23.3 Å². The van der Waals surface area contributed by atoms with Gasteiger partial charge in [-0.2, -0.15) is 13.2 Å². The fraction of sp³-hybridized carbons (Fsp3) is 0.250. The topological polar surface area (TPSA) is 50.4 Å². The molecule has 0 aliphatic rings. The third-order valence-electron chi connectivity index (χ3n) is 3.53. The van der Waals surface area contributed by atoms with Gasteiger partial charge in [-0.25, -0.2) is 4.79 Å². The SMILES string of the molecule is COC(=O)c1c(NC(=S)Nc2ccc(Cl)c(C(F)(F)F)c2)sc(C)c1C. The van der Waals surface area contributed by atoms with E-state index in [1.807, 2.05) is 6.92 Å². The largest absolute Gasteiger partial charge is 0.465 e. The van der Waals surface area contributed by atoms with Crippen LogP contribution in [0.4, 0.5) is 23.9 Å². The minimum absolute atomic E-state index is 0.0341. The lowest BCUT2D eigenvalue weighted by Gasteiger charge is -2.14. The van der Waals surface area contributed by atoms with Crippen LogP contribution in [0.5, 0.6) is 0 Å². The Morgan fingerprint density at radius 1 is 1.27 bits per heavy atom. The minimum Gasteiger partial charge on any atom is -0.465 e. The zero-order valence-corrected chi connectivity index (χ0v) is 16.3. The summed E-state index contributed by atoms with van der Waals surface area (Å²) in [6.07, 6.45) is -4.58. The molecule has 0 bridgehead atoms. The van der Waals surface area contributed by atoms with Crippen LogP contribution in [0, 0.1) is 13.8 Å². The van der Waals surface area contributed by atoms with E-state index in [9.17, 15) is 18.0 Å². The van der Waals surface area contributed by atoms with Crippen LogP contribution in [0.1, 0.15) is 26.4 Å². The van der Waals surface area contributed by atoms with Gasteiger partial charge < -0.3 is 15.4 Å². The summed E-state index contributed by atoms with van der Waals surface area (Å²) in [6, 6.07) is 3.37. The first-order valence-electron chi connectivity index (χ1n) is 7.17. The molecule has 26 heavy (non-hydrogen) atoms. The number of methoxy groups -OCH3 is 1. The molecule has 140 valence electrons. The Kier molecular flexibility index (Phi) is 6.15. The summed E-state index contributed by atoms with van der Waals surface area (Å²) in [5.74, 6) is -0.525. The van der Waals surface area contributed by atoms with Gasteiger partial charge in [0.15, 0.2) is 5.11 Å². The number of rotatable bonds is 3. The maximum atomic E-state index is 12.9. The number of aryl methyl sites for hydroxylation is 1. The summed E-state index contributed by atoms with van der Waals surface area (Å²) in [6.45, 7) is 3.61. The molecule has 2 N–H and O–H groups in total. The van der Waals surface area contributed by atoms with E-state index in [-0.39, 0.29) is 10.8 Å². The fourth-order valence-electron chi connectivity index (χ4n) is 2.15. The number of alkyl halides is 3. The molecule has 0 unspecified atom stereocenters. The summed E-state index contributed by atoms with van der Waals surface area (Å²) in [5, 5.41) is 5.58. The molecule has 0 atom stereocenters. The van der Waals surface area contributed by atoms with Gasteiger partial charge in [-0.15, -0.1) is 11.3 Å². The zero-order valence-electron chi connectivity index (χ0n) is 13.9. The fourth-order valence-corrected chi connectivity index (χ4v) is 3.71. The quantitative estimate of drug-likeness (QED) is 0.495. The number of carbonyl (C=O) groups is 1. The molecule has 0 saturated heterocycles. The third-order valence-corrected chi connectivity index (χ3v) is 5.19. The summed E-state index contributed by atoms with van der Waals surface area (Å²) in [4.78, 5) is 12.8. The number of thiocarbonyl (C=S) groups is 1. The number of benzene rings is 1. The van der Waals surface area contributed by atoms with Gasteiger partial charge in [0.25, 0.3) is 0 Å². The average Bonchev–Trinajstić information content (AvgIpc) is 2.81. The molecular formula is C16H14ClF3N2O2S2. The molecule has 0 spiro atoms. The van der Waals surface area contributed by atoms with E-state index in [1.165, 1.54) is 24.5 Å². The standard InChI is InChI=1S/C16H14ClF3N2O2S2/c1-7-8(2)26-13(12(7)14(23)24-3)22-15(25)21-9-4-5-11(17)10(6-9)16(18,19)20/h4-6H,1-3H3,(H2,21,22,25). The molecule has 0 radical (unpaired) electrons. The Balaban J connectivity index is 2.23. The van der Waals surface area contributed by atoms with Crippen molar-refractivity contribution in [1.82, 2.24) is 0 Å². The lowest BCUT2D eigenvalue weighted by atomic mass is 10.1. The second kappa shape index (κ2) is 7.81. The van der Waals surface area contributed by atoms with Gasteiger partial charge in [0.1, 0.15) is 5.00 Å². The van der Waals surface area contributed by atoms with Crippen LogP contribution >= 0.6 is 35.2 Å². The van der Waals surface area contributed by atoms with E-state index in [4.69, 9.17) is 28.6 Å². The number of esters is 1. The Labute approximate surface area is 162 Å². The maximum absolute atomic E-state index is 12.9. The molecule has 0 saturated carbocycles. The highest BCUT2D eigenvalue weighted by Gasteiger charge is 2.33. The number of nitrogens with one attached hydrogen (secondary N) is 2. The van der Waals surface area contributed by atoms with Crippen molar-refractivity contribution < 1.29 is 22.7 Å². The molecule has 10 heteroatoms. The zero-order chi connectivity index (χ0) is 19.6. The Hall–Kier alpha value is -1.84. The third kappa shape index (κ3) is 4.46. The van der Waals surface area contributed by atoms with Crippen molar-refractivity contribution in [2.24, 2.45) is 0 Å². The first kappa shape index (κ1) is 20.5. The van der Waals surface area contributed by atoms with Crippen LogP contribution in [0.15, 0.2) is 18.2 Å². The van der Waals surface area contributed by atoms with Crippen molar-refractivity contribution in [1.29, 1.82) is 0 Å². The van der Waals surface area contributed by atoms with Crippen molar-refractivity contribution in [3.63, 3.8) is 0 Å². The van der Waals surface area contributed by atoms with Crippen LogP contribution < -0.4 is 10.6 Å². The number of thiophene rings is 1. The van der Waals surface area contributed by atoms with Crippen molar-refractivity contribution in [3.05, 3.63) is 44.8 Å². The van der Waals surface area contributed by atoms with Gasteiger partial charge in [-0.3, -0.25) is 0 Å². The predicted molar refractivity (Wildman–Crippen MR) is 101 cm³/mol. The van der Waals surface area contributed by atoms with Gasteiger partial charge in [0, 0.05) is 10.6 Å². The molecule has 0 fully saturated rings. The maximum Gasteiger partial charge on any atom is 0.417 e. The first-order chi connectivity index (χ1) is 12.0. The highest BCUT2D eigenvalue weighted by molar-refractivity contribution is 7.80. The first-order valence-corrected chi connectivity index (χ1v) is 8.78. The number of anilines is 2. The number of carbonyl (C=O) groups excluding carboxylic acids is 1. The van der Waals surface area contributed by atoms with Crippen LogP contribution in [0.2, 0.25) is 5.02 Å². The number of hydrogen-bond donors (Lipinski definition) is 2. The second-order valence-electron chi connectivity index (χ2n) is 5.25. The molecule has 2 rings (SSSR count). The van der Waals surface area contributed by atoms with Crippen LogP contribution in [-0.2, 0) is 10.9 Å². The molecule has 1 aromatic carbocycles. The average molecular weight is 423 g/mol. The Morgan fingerprint density at radius 2 is 1.92 bits per heavy atom. The predicted octanol–water partition coefficient (Wildman–Crippen LogP) is 5.63. The van der Waals surface area contributed by atoms with E-state index >= 15 is 0 Å². The normalized spacial score (nSPS) is 11.2. The molecule has 1 heterocycles. The molecular weight excluding hydrogens is 409 g/mol. The smallest absolute Gasteiger partial charge is 0.417 e. The van der Waals surface area contributed by atoms with Crippen molar-refractivity contribution in [3.8, 4) is 0 Å². The van der Waals surface area contributed by atoms with Gasteiger partial charge in [-0.1, -0.05) is 11.6 Å². The summed E-state index contributed by atoms with van der Waals surface area (Å²) >= 11 is 12.0. The Morgan fingerprint density at radius 3 is 2.50 bits per heavy atom. The minimum atomic E-state index is -4.58. The molecule has 1 aromatic heterocycles.